The fourth-order valence-corrected chi connectivity index (χ4v) is 1.98. The number of ether oxygens (including phenoxy) is 1. The summed E-state index contributed by atoms with van der Waals surface area (Å²) in [7, 11) is 1.61. The van der Waals surface area contributed by atoms with Crippen LogP contribution >= 0.6 is 0 Å². The highest BCUT2D eigenvalue weighted by Crippen LogP contribution is 2.29. The van der Waals surface area contributed by atoms with Crippen LogP contribution in [0.15, 0.2) is 4.52 Å². The average Bonchev–Trinajstić information content (AvgIpc) is 2.95. The summed E-state index contributed by atoms with van der Waals surface area (Å²) in [6.45, 7) is 7.09. The zero-order chi connectivity index (χ0) is 13.3. The van der Waals surface area contributed by atoms with Crippen LogP contribution in [-0.4, -0.2) is 41.1 Å². The normalized spacial score (nSPS) is 20.8. The average molecular weight is 253 g/mol. The summed E-state index contributed by atoms with van der Waals surface area (Å²) in [6.07, 6.45) is 0.447. The van der Waals surface area contributed by atoms with Crippen LogP contribution in [-0.2, 0) is 15.1 Å². The number of hydrogen-bond donors (Lipinski definition) is 0. The van der Waals surface area contributed by atoms with Gasteiger partial charge in [-0.25, -0.2) is 0 Å². The van der Waals surface area contributed by atoms with E-state index in [-0.39, 0.29) is 11.8 Å². The van der Waals surface area contributed by atoms with Crippen molar-refractivity contribution < 1.29 is 14.1 Å². The molecular formula is C12H19N3O3. The molecule has 1 fully saturated rings. The molecule has 1 atom stereocenters. The van der Waals surface area contributed by atoms with E-state index in [2.05, 4.69) is 10.1 Å². The largest absolute Gasteiger partial charge is 0.371 e. The van der Waals surface area contributed by atoms with E-state index < -0.39 is 5.60 Å². The van der Waals surface area contributed by atoms with E-state index in [0.29, 0.717) is 24.7 Å². The number of hydrogen-bond acceptors (Lipinski definition) is 5. The molecule has 1 aromatic rings. The SMILES string of the molecule is CCN1CC(c2nc(C(C)(C)OC)no2)CC1=O. The first-order chi connectivity index (χ1) is 8.47. The Kier molecular flexibility index (Phi) is 3.38. The second-order valence-electron chi connectivity index (χ2n) is 5.00. The van der Waals surface area contributed by atoms with E-state index in [1.54, 1.807) is 12.0 Å². The number of methoxy groups -OCH3 is 1. The quantitative estimate of drug-likeness (QED) is 0.808. The van der Waals surface area contributed by atoms with Gasteiger partial charge in [0.15, 0.2) is 0 Å². The molecule has 1 aromatic heterocycles. The first-order valence-electron chi connectivity index (χ1n) is 6.15. The molecule has 1 amide bonds. The highest BCUT2D eigenvalue weighted by Gasteiger charge is 2.35. The molecule has 6 heteroatoms. The lowest BCUT2D eigenvalue weighted by Gasteiger charge is -2.17. The Bertz CT molecular complexity index is 442. The molecule has 0 aromatic carbocycles. The van der Waals surface area contributed by atoms with Gasteiger partial charge in [0.1, 0.15) is 5.60 Å². The zero-order valence-corrected chi connectivity index (χ0v) is 11.3. The monoisotopic (exact) mass is 253 g/mol. The number of aromatic nitrogens is 2. The minimum absolute atomic E-state index is 0.00589. The van der Waals surface area contributed by atoms with Gasteiger partial charge in [-0.2, -0.15) is 4.98 Å². The van der Waals surface area contributed by atoms with E-state index in [4.69, 9.17) is 9.26 Å². The minimum atomic E-state index is -0.575. The summed E-state index contributed by atoms with van der Waals surface area (Å²) in [6, 6.07) is 0. The molecule has 0 radical (unpaired) electrons. The molecule has 6 nitrogen and oxygen atoms in total. The smallest absolute Gasteiger partial charge is 0.232 e. The topological polar surface area (TPSA) is 68.5 Å². The van der Waals surface area contributed by atoms with Crippen molar-refractivity contribution in [3.8, 4) is 0 Å². The Morgan fingerprint density at radius 2 is 2.28 bits per heavy atom. The molecule has 1 unspecified atom stereocenters. The van der Waals surface area contributed by atoms with Crippen molar-refractivity contribution in [1.29, 1.82) is 0 Å². The number of rotatable bonds is 4. The van der Waals surface area contributed by atoms with Crippen molar-refractivity contribution in [1.82, 2.24) is 15.0 Å². The number of likely N-dealkylation sites (tertiary alicyclic amines) is 1. The fraction of sp³-hybridized carbons (Fsp3) is 0.750. The van der Waals surface area contributed by atoms with Crippen LogP contribution in [0.2, 0.25) is 0 Å². The van der Waals surface area contributed by atoms with Crippen LogP contribution in [0, 0.1) is 0 Å². The number of carbonyl (C=O) groups is 1. The van der Waals surface area contributed by atoms with Crippen LogP contribution in [0.5, 0.6) is 0 Å². The molecule has 1 aliphatic rings. The third-order valence-corrected chi connectivity index (χ3v) is 3.44. The molecule has 0 N–H and O–H groups in total. The third kappa shape index (κ3) is 2.25. The molecule has 0 saturated carbocycles. The van der Waals surface area contributed by atoms with Crippen LogP contribution in [0.25, 0.3) is 0 Å². The van der Waals surface area contributed by atoms with Gasteiger partial charge in [0.25, 0.3) is 0 Å². The van der Waals surface area contributed by atoms with Gasteiger partial charge in [0, 0.05) is 26.6 Å². The maximum Gasteiger partial charge on any atom is 0.232 e. The van der Waals surface area contributed by atoms with E-state index in [1.165, 1.54) is 0 Å². The molecule has 0 aliphatic carbocycles. The molecule has 18 heavy (non-hydrogen) atoms. The molecule has 100 valence electrons. The van der Waals surface area contributed by atoms with Gasteiger partial charge in [-0.1, -0.05) is 5.16 Å². The molecule has 0 bridgehead atoms. The Labute approximate surface area is 106 Å². The standard InChI is InChI=1S/C12H19N3O3/c1-5-15-7-8(6-9(15)16)10-13-11(14-18-10)12(2,3)17-4/h8H,5-7H2,1-4H3. The second kappa shape index (κ2) is 4.68. The number of amides is 1. The summed E-state index contributed by atoms with van der Waals surface area (Å²) in [5.41, 5.74) is -0.575. The van der Waals surface area contributed by atoms with Gasteiger partial charge < -0.3 is 14.2 Å². The van der Waals surface area contributed by atoms with Gasteiger partial charge in [-0.05, 0) is 20.8 Å². The van der Waals surface area contributed by atoms with Crippen molar-refractivity contribution in [2.75, 3.05) is 20.2 Å². The maximum atomic E-state index is 11.7. The van der Waals surface area contributed by atoms with Crippen LogP contribution in [0.4, 0.5) is 0 Å². The predicted octanol–water partition coefficient (Wildman–Crippen LogP) is 1.29. The summed E-state index contributed by atoms with van der Waals surface area (Å²) in [4.78, 5) is 17.8. The molecular weight excluding hydrogens is 234 g/mol. The Hall–Kier alpha value is -1.43. The summed E-state index contributed by atoms with van der Waals surface area (Å²) < 4.78 is 10.6. The Morgan fingerprint density at radius 3 is 2.83 bits per heavy atom. The number of likely N-dealkylation sites (N-methyl/N-ethyl adjacent to an activating group) is 1. The minimum Gasteiger partial charge on any atom is -0.371 e. The lowest BCUT2D eigenvalue weighted by atomic mass is 10.1. The fourth-order valence-electron chi connectivity index (χ4n) is 1.98. The van der Waals surface area contributed by atoms with Crippen LogP contribution < -0.4 is 0 Å². The lowest BCUT2D eigenvalue weighted by molar-refractivity contribution is -0.127. The van der Waals surface area contributed by atoms with Crippen molar-refractivity contribution in [3.63, 3.8) is 0 Å². The van der Waals surface area contributed by atoms with Gasteiger partial charge >= 0.3 is 0 Å². The third-order valence-electron chi connectivity index (χ3n) is 3.44. The molecule has 2 heterocycles. The Morgan fingerprint density at radius 1 is 1.56 bits per heavy atom. The maximum absolute atomic E-state index is 11.7. The molecule has 2 rings (SSSR count). The van der Waals surface area contributed by atoms with E-state index in [0.717, 1.165) is 6.54 Å². The number of carbonyl (C=O) groups excluding carboxylic acids is 1. The predicted molar refractivity (Wildman–Crippen MR) is 63.9 cm³/mol. The number of nitrogens with zero attached hydrogens (tertiary/aromatic N) is 3. The molecule has 1 saturated heterocycles. The summed E-state index contributed by atoms with van der Waals surface area (Å²) in [5.74, 6) is 1.20. The first kappa shape index (κ1) is 13.0. The van der Waals surface area contributed by atoms with E-state index in [1.807, 2.05) is 20.8 Å². The summed E-state index contributed by atoms with van der Waals surface area (Å²) in [5, 5.41) is 3.94. The molecule has 1 aliphatic heterocycles. The van der Waals surface area contributed by atoms with E-state index >= 15 is 0 Å². The highest BCUT2D eigenvalue weighted by molar-refractivity contribution is 5.79. The first-order valence-corrected chi connectivity index (χ1v) is 6.15. The highest BCUT2D eigenvalue weighted by atomic mass is 16.5. The van der Waals surface area contributed by atoms with Gasteiger partial charge in [0.05, 0.1) is 5.92 Å². The van der Waals surface area contributed by atoms with Gasteiger partial charge in [-0.15, -0.1) is 0 Å². The van der Waals surface area contributed by atoms with Crippen molar-refractivity contribution >= 4 is 5.91 Å². The van der Waals surface area contributed by atoms with Crippen molar-refractivity contribution in [2.45, 2.75) is 38.7 Å². The lowest BCUT2D eigenvalue weighted by Crippen LogP contribution is -2.24. The van der Waals surface area contributed by atoms with Crippen LogP contribution in [0.3, 0.4) is 0 Å². The Balaban J connectivity index is 2.14. The van der Waals surface area contributed by atoms with Gasteiger partial charge in [-0.3, -0.25) is 4.79 Å². The summed E-state index contributed by atoms with van der Waals surface area (Å²) >= 11 is 0. The molecule has 0 spiro atoms. The van der Waals surface area contributed by atoms with Crippen molar-refractivity contribution in [3.05, 3.63) is 11.7 Å². The van der Waals surface area contributed by atoms with Crippen LogP contribution in [0.1, 0.15) is 44.8 Å². The zero-order valence-electron chi connectivity index (χ0n) is 11.3. The second-order valence-corrected chi connectivity index (χ2v) is 5.00. The van der Waals surface area contributed by atoms with Crippen molar-refractivity contribution in [2.24, 2.45) is 0 Å². The van der Waals surface area contributed by atoms with Gasteiger partial charge in [0.2, 0.25) is 17.6 Å². The van der Waals surface area contributed by atoms with E-state index in [9.17, 15) is 4.79 Å².